The average Bonchev–Trinajstić information content (AvgIpc) is 2.93. The Morgan fingerprint density at radius 3 is 2.74 bits per heavy atom. The number of sulfone groups is 1. The molecule has 104 valence electrons. The minimum atomic E-state index is -3.35. The molecular weight excluding hydrogens is 302 g/mol. The SMILES string of the molecule is CCS(=O)(=O)c1c(N)nsc1NCc1cscc1C. The highest BCUT2D eigenvalue weighted by molar-refractivity contribution is 7.91. The second kappa shape index (κ2) is 5.48. The van der Waals surface area contributed by atoms with Crippen LogP contribution in [-0.4, -0.2) is 18.5 Å². The number of rotatable bonds is 5. The van der Waals surface area contributed by atoms with E-state index in [4.69, 9.17) is 5.73 Å². The van der Waals surface area contributed by atoms with Crippen LogP contribution in [0.5, 0.6) is 0 Å². The van der Waals surface area contributed by atoms with Crippen LogP contribution in [0, 0.1) is 6.92 Å². The van der Waals surface area contributed by atoms with Gasteiger partial charge in [-0.25, -0.2) is 8.42 Å². The van der Waals surface area contributed by atoms with Gasteiger partial charge in [0, 0.05) is 6.54 Å². The second-order valence-electron chi connectivity index (χ2n) is 4.06. The lowest BCUT2D eigenvalue weighted by Crippen LogP contribution is -2.09. The van der Waals surface area contributed by atoms with Crippen molar-refractivity contribution >= 4 is 43.5 Å². The first-order valence-corrected chi connectivity index (χ1v) is 9.06. The van der Waals surface area contributed by atoms with Gasteiger partial charge in [0.25, 0.3) is 0 Å². The molecule has 0 spiro atoms. The number of hydrogen-bond donors (Lipinski definition) is 2. The number of nitrogens with zero attached hydrogens (tertiary/aromatic N) is 1. The molecule has 3 N–H and O–H groups in total. The Labute approximate surface area is 120 Å². The van der Waals surface area contributed by atoms with E-state index in [1.807, 2.05) is 12.3 Å². The third-order valence-electron chi connectivity index (χ3n) is 2.77. The maximum atomic E-state index is 12.0. The predicted octanol–water partition coefficient (Wildman–Crippen LogP) is 2.50. The van der Waals surface area contributed by atoms with Crippen molar-refractivity contribution in [2.45, 2.75) is 25.3 Å². The molecule has 2 aromatic heterocycles. The molecule has 2 rings (SSSR count). The zero-order valence-corrected chi connectivity index (χ0v) is 13.1. The van der Waals surface area contributed by atoms with Crippen molar-refractivity contribution in [3.8, 4) is 0 Å². The normalized spacial score (nSPS) is 11.7. The molecule has 0 aromatic carbocycles. The molecule has 2 heterocycles. The topological polar surface area (TPSA) is 85.1 Å². The Balaban J connectivity index is 2.25. The zero-order chi connectivity index (χ0) is 14.0. The number of hydrogen-bond acceptors (Lipinski definition) is 7. The summed E-state index contributed by atoms with van der Waals surface area (Å²) in [6.07, 6.45) is 0. The minimum absolute atomic E-state index is 0.0156. The molecule has 0 radical (unpaired) electrons. The summed E-state index contributed by atoms with van der Waals surface area (Å²) in [5.41, 5.74) is 8.00. The van der Waals surface area contributed by atoms with Crippen molar-refractivity contribution in [2.75, 3.05) is 16.8 Å². The maximum absolute atomic E-state index is 12.0. The summed E-state index contributed by atoms with van der Waals surface area (Å²) in [7, 11) is -3.35. The van der Waals surface area contributed by atoms with Crippen molar-refractivity contribution in [3.63, 3.8) is 0 Å². The quantitative estimate of drug-likeness (QED) is 0.885. The van der Waals surface area contributed by atoms with Crippen LogP contribution in [0.1, 0.15) is 18.1 Å². The Morgan fingerprint density at radius 1 is 1.42 bits per heavy atom. The van der Waals surface area contributed by atoms with Crippen molar-refractivity contribution < 1.29 is 8.42 Å². The molecule has 0 aliphatic carbocycles. The number of nitrogens with one attached hydrogen (secondary N) is 1. The van der Waals surface area contributed by atoms with E-state index in [1.54, 1.807) is 18.3 Å². The van der Waals surface area contributed by atoms with Crippen LogP contribution in [0.3, 0.4) is 0 Å². The molecule has 0 bridgehead atoms. The molecule has 19 heavy (non-hydrogen) atoms. The van der Waals surface area contributed by atoms with Crippen LogP contribution >= 0.6 is 22.9 Å². The first-order valence-electron chi connectivity index (χ1n) is 5.69. The average molecular weight is 317 g/mol. The number of thiophene rings is 1. The van der Waals surface area contributed by atoms with Gasteiger partial charge in [-0.3, -0.25) is 0 Å². The van der Waals surface area contributed by atoms with Gasteiger partial charge in [0.2, 0.25) is 0 Å². The monoisotopic (exact) mass is 317 g/mol. The molecule has 0 unspecified atom stereocenters. The van der Waals surface area contributed by atoms with Crippen LogP contribution in [0.15, 0.2) is 15.7 Å². The summed E-state index contributed by atoms with van der Waals surface area (Å²) in [5.74, 6) is 0.0956. The van der Waals surface area contributed by atoms with Crippen molar-refractivity contribution in [1.82, 2.24) is 4.37 Å². The number of nitrogens with two attached hydrogens (primary N) is 1. The minimum Gasteiger partial charge on any atom is -0.382 e. The van der Waals surface area contributed by atoms with Crippen molar-refractivity contribution in [1.29, 1.82) is 0 Å². The number of nitrogen functional groups attached to an aromatic ring is 1. The second-order valence-corrected chi connectivity index (χ2v) is 7.80. The van der Waals surface area contributed by atoms with E-state index < -0.39 is 9.84 Å². The van der Waals surface area contributed by atoms with Gasteiger partial charge >= 0.3 is 0 Å². The molecule has 2 aromatic rings. The van der Waals surface area contributed by atoms with Gasteiger partial charge in [-0.2, -0.15) is 15.7 Å². The zero-order valence-electron chi connectivity index (χ0n) is 10.6. The molecule has 0 saturated heterocycles. The van der Waals surface area contributed by atoms with Crippen LogP contribution in [0.2, 0.25) is 0 Å². The van der Waals surface area contributed by atoms with Gasteiger partial charge in [0.05, 0.1) is 5.75 Å². The van der Waals surface area contributed by atoms with Gasteiger partial charge in [-0.05, 0) is 40.3 Å². The van der Waals surface area contributed by atoms with Crippen LogP contribution in [0.4, 0.5) is 10.8 Å². The Morgan fingerprint density at radius 2 is 2.16 bits per heavy atom. The Hall–Kier alpha value is -1.12. The van der Waals surface area contributed by atoms with E-state index in [1.165, 1.54) is 5.56 Å². The summed E-state index contributed by atoms with van der Waals surface area (Å²) in [6.45, 7) is 4.20. The van der Waals surface area contributed by atoms with Crippen LogP contribution in [0.25, 0.3) is 0 Å². The van der Waals surface area contributed by atoms with E-state index in [0.29, 0.717) is 11.5 Å². The molecular formula is C11H15N3O2S3. The van der Waals surface area contributed by atoms with Gasteiger partial charge < -0.3 is 11.1 Å². The molecule has 5 nitrogen and oxygen atoms in total. The van der Waals surface area contributed by atoms with Crippen LogP contribution < -0.4 is 11.1 Å². The van der Waals surface area contributed by atoms with E-state index >= 15 is 0 Å². The highest BCUT2D eigenvalue weighted by Gasteiger charge is 2.23. The van der Waals surface area contributed by atoms with Crippen molar-refractivity contribution in [2.24, 2.45) is 0 Å². The van der Waals surface area contributed by atoms with Gasteiger partial charge in [-0.15, -0.1) is 0 Å². The van der Waals surface area contributed by atoms with E-state index in [2.05, 4.69) is 15.1 Å². The summed E-state index contributed by atoms with van der Waals surface area (Å²) in [5, 5.41) is 7.74. The van der Waals surface area contributed by atoms with E-state index in [9.17, 15) is 8.42 Å². The number of aromatic nitrogens is 1. The van der Waals surface area contributed by atoms with Gasteiger partial charge in [0.1, 0.15) is 9.90 Å². The van der Waals surface area contributed by atoms with Gasteiger partial charge in [-0.1, -0.05) is 6.92 Å². The number of aryl methyl sites for hydroxylation is 1. The first-order chi connectivity index (χ1) is 8.95. The smallest absolute Gasteiger partial charge is 0.184 e. The fourth-order valence-corrected chi connectivity index (χ4v) is 4.62. The molecule has 8 heteroatoms. The molecule has 0 amide bonds. The Bertz CT molecular complexity index is 673. The summed E-state index contributed by atoms with van der Waals surface area (Å²) in [4.78, 5) is 0.132. The summed E-state index contributed by atoms with van der Waals surface area (Å²) in [6, 6.07) is 0. The van der Waals surface area contributed by atoms with Crippen molar-refractivity contribution in [3.05, 3.63) is 21.9 Å². The van der Waals surface area contributed by atoms with E-state index in [-0.39, 0.29) is 16.5 Å². The third-order valence-corrected chi connectivity index (χ3v) is 6.42. The largest absolute Gasteiger partial charge is 0.382 e. The van der Waals surface area contributed by atoms with Gasteiger partial charge in [0.15, 0.2) is 15.7 Å². The highest BCUT2D eigenvalue weighted by Crippen LogP contribution is 2.32. The molecule has 0 aliphatic heterocycles. The third kappa shape index (κ3) is 2.90. The lowest BCUT2D eigenvalue weighted by atomic mass is 10.2. The number of anilines is 2. The highest BCUT2D eigenvalue weighted by atomic mass is 32.2. The maximum Gasteiger partial charge on any atom is 0.184 e. The lowest BCUT2D eigenvalue weighted by Gasteiger charge is -2.06. The molecule has 0 aliphatic rings. The Kier molecular flexibility index (Phi) is 4.12. The fraction of sp³-hybridized carbons (Fsp3) is 0.364. The fourth-order valence-electron chi connectivity index (χ4n) is 1.59. The predicted molar refractivity (Wildman–Crippen MR) is 80.6 cm³/mol. The summed E-state index contributed by atoms with van der Waals surface area (Å²) < 4.78 is 27.9. The molecule has 0 fully saturated rings. The first kappa shape index (κ1) is 14.3. The molecule has 0 atom stereocenters. The van der Waals surface area contributed by atoms with Crippen LogP contribution in [-0.2, 0) is 16.4 Å². The summed E-state index contributed by atoms with van der Waals surface area (Å²) >= 11 is 2.71. The molecule has 0 saturated carbocycles. The standard InChI is InChI=1S/C11H15N3O2S3/c1-3-19(15,16)9-10(12)14-18-11(9)13-4-8-6-17-5-7(8)2/h5-6,13H,3-4H2,1-2H3,(H2,12,14). The van der Waals surface area contributed by atoms with E-state index in [0.717, 1.165) is 17.1 Å². The lowest BCUT2D eigenvalue weighted by molar-refractivity contribution is 0.598.